The minimum atomic E-state index is 0.598. The van der Waals surface area contributed by atoms with E-state index in [1.807, 2.05) is 0 Å². The normalized spacial score (nSPS) is 19.5. The zero-order valence-corrected chi connectivity index (χ0v) is 11.3. The highest BCUT2D eigenvalue weighted by Gasteiger charge is 2.24. The van der Waals surface area contributed by atoms with Crippen molar-refractivity contribution >= 4 is 0 Å². The van der Waals surface area contributed by atoms with Crippen LogP contribution in [0.15, 0.2) is 0 Å². The summed E-state index contributed by atoms with van der Waals surface area (Å²) in [5.74, 6) is 1.51. The highest BCUT2D eigenvalue weighted by molar-refractivity contribution is 4.80. The van der Waals surface area contributed by atoms with E-state index in [1.54, 1.807) is 0 Å². The SMILES string of the molecule is CCCNC(COCC(C)C)C1CCCC1. The molecule has 1 rings (SSSR count). The second-order valence-corrected chi connectivity index (χ2v) is 5.54. The molecule has 2 nitrogen and oxygen atoms in total. The second-order valence-electron chi connectivity index (χ2n) is 5.54. The molecule has 96 valence electrons. The molecule has 0 radical (unpaired) electrons. The van der Waals surface area contributed by atoms with Gasteiger partial charge in [-0.25, -0.2) is 0 Å². The fraction of sp³-hybridized carbons (Fsp3) is 1.00. The Morgan fingerprint density at radius 3 is 2.44 bits per heavy atom. The van der Waals surface area contributed by atoms with E-state index in [0.29, 0.717) is 12.0 Å². The molecule has 0 aliphatic heterocycles. The minimum Gasteiger partial charge on any atom is -0.380 e. The molecular formula is C14H29NO. The van der Waals surface area contributed by atoms with E-state index in [-0.39, 0.29) is 0 Å². The number of ether oxygens (including phenoxy) is 1. The highest BCUT2D eigenvalue weighted by Crippen LogP contribution is 2.27. The van der Waals surface area contributed by atoms with Crippen LogP contribution in [0.4, 0.5) is 0 Å². The van der Waals surface area contributed by atoms with Crippen molar-refractivity contribution in [3.05, 3.63) is 0 Å². The van der Waals surface area contributed by atoms with Crippen LogP contribution in [0, 0.1) is 11.8 Å². The molecule has 0 heterocycles. The van der Waals surface area contributed by atoms with Crippen molar-refractivity contribution in [2.24, 2.45) is 11.8 Å². The summed E-state index contributed by atoms with van der Waals surface area (Å²) in [4.78, 5) is 0. The van der Waals surface area contributed by atoms with Crippen LogP contribution in [0.1, 0.15) is 52.9 Å². The zero-order valence-electron chi connectivity index (χ0n) is 11.3. The standard InChI is InChI=1S/C14H29NO/c1-4-9-15-14(11-16-10-12(2)3)13-7-5-6-8-13/h12-15H,4-11H2,1-3H3. The topological polar surface area (TPSA) is 21.3 Å². The van der Waals surface area contributed by atoms with Crippen LogP contribution in [0.25, 0.3) is 0 Å². The molecule has 0 spiro atoms. The molecule has 2 heteroatoms. The fourth-order valence-corrected chi connectivity index (χ4v) is 2.48. The van der Waals surface area contributed by atoms with Crippen LogP contribution < -0.4 is 5.32 Å². The van der Waals surface area contributed by atoms with Gasteiger partial charge in [0.05, 0.1) is 6.61 Å². The van der Waals surface area contributed by atoms with Gasteiger partial charge in [-0.15, -0.1) is 0 Å². The van der Waals surface area contributed by atoms with Crippen LogP contribution in [-0.4, -0.2) is 25.8 Å². The summed E-state index contributed by atoms with van der Waals surface area (Å²) in [5, 5.41) is 3.66. The fourth-order valence-electron chi connectivity index (χ4n) is 2.48. The number of hydrogen-bond acceptors (Lipinski definition) is 2. The molecule has 0 bridgehead atoms. The molecule has 1 aliphatic rings. The van der Waals surface area contributed by atoms with Gasteiger partial charge in [0, 0.05) is 12.6 Å². The Morgan fingerprint density at radius 2 is 1.88 bits per heavy atom. The molecule has 1 saturated carbocycles. The predicted octanol–water partition coefficient (Wildman–Crippen LogP) is 3.22. The van der Waals surface area contributed by atoms with Crippen molar-refractivity contribution in [2.75, 3.05) is 19.8 Å². The van der Waals surface area contributed by atoms with E-state index in [2.05, 4.69) is 26.1 Å². The van der Waals surface area contributed by atoms with Crippen LogP contribution in [0.3, 0.4) is 0 Å². The van der Waals surface area contributed by atoms with Crippen molar-refractivity contribution in [2.45, 2.75) is 58.9 Å². The zero-order chi connectivity index (χ0) is 11.8. The first kappa shape index (κ1) is 14.0. The van der Waals surface area contributed by atoms with Crippen molar-refractivity contribution in [1.29, 1.82) is 0 Å². The largest absolute Gasteiger partial charge is 0.380 e. The molecule has 1 unspecified atom stereocenters. The third kappa shape index (κ3) is 5.31. The molecule has 0 saturated heterocycles. The van der Waals surface area contributed by atoms with E-state index in [9.17, 15) is 0 Å². The molecule has 0 aromatic heterocycles. The van der Waals surface area contributed by atoms with Crippen LogP contribution >= 0.6 is 0 Å². The average molecular weight is 227 g/mol. The maximum atomic E-state index is 5.80. The Bertz CT molecular complexity index is 164. The van der Waals surface area contributed by atoms with Gasteiger partial charge in [0.1, 0.15) is 0 Å². The first-order chi connectivity index (χ1) is 7.74. The summed E-state index contributed by atoms with van der Waals surface area (Å²) < 4.78 is 5.80. The molecular weight excluding hydrogens is 198 g/mol. The summed E-state index contributed by atoms with van der Waals surface area (Å²) in [6.45, 7) is 9.59. The summed E-state index contributed by atoms with van der Waals surface area (Å²) in [7, 11) is 0. The lowest BCUT2D eigenvalue weighted by Gasteiger charge is -2.25. The molecule has 16 heavy (non-hydrogen) atoms. The van der Waals surface area contributed by atoms with Gasteiger partial charge < -0.3 is 10.1 Å². The van der Waals surface area contributed by atoms with Gasteiger partial charge in [-0.1, -0.05) is 33.6 Å². The second kappa shape index (κ2) is 8.08. The van der Waals surface area contributed by atoms with E-state index in [4.69, 9.17) is 4.74 Å². The average Bonchev–Trinajstić information content (AvgIpc) is 2.75. The molecule has 1 aliphatic carbocycles. The van der Waals surface area contributed by atoms with Crippen molar-refractivity contribution in [3.8, 4) is 0 Å². The van der Waals surface area contributed by atoms with Gasteiger partial charge in [0.2, 0.25) is 0 Å². The van der Waals surface area contributed by atoms with Crippen LogP contribution in [0.2, 0.25) is 0 Å². The summed E-state index contributed by atoms with van der Waals surface area (Å²) in [5.41, 5.74) is 0. The van der Waals surface area contributed by atoms with Crippen molar-refractivity contribution in [1.82, 2.24) is 5.32 Å². The Labute approximate surface area is 101 Å². The van der Waals surface area contributed by atoms with Crippen molar-refractivity contribution in [3.63, 3.8) is 0 Å². The summed E-state index contributed by atoms with van der Waals surface area (Å²) in [6, 6.07) is 0.598. The lowest BCUT2D eigenvalue weighted by molar-refractivity contribution is 0.0754. The van der Waals surface area contributed by atoms with Crippen LogP contribution in [-0.2, 0) is 4.74 Å². The van der Waals surface area contributed by atoms with Gasteiger partial charge in [-0.2, -0.15) is 0 Å². The molecule has 1 fully saturated rings. The molecule has 1 N–H and O–H groups in total. The van der Waals surface area contributed by atoms with Gasteiger partial charge in [-0.3, -0.25) is 0 Å². The number of hydrogen-bond donors (Lipinski definition) is 1. The van der Waals surface area contributed by atoms with Gasteiger partial charge >= 0.3 is 0 Å². The lowest BCUT2D eigenvalue weighted by Crippen LogP contribution is -2.39. The lowest BCUT2D eigenvalue weighted by atomic mass is 9.98. The van der Waals surface area contributed by atoms with Gasteiger partial charge in [0.15, 0.2) is 0 Å². The Kier molecular flexibility index (Phi) is 7.06. The van der Waals surface area contributed by atoms with Gasteiger partial charge in [0.25, 0.3) is 0 Å². The number of rotatable bonds is 8. The van der Waals surface area contributed by atoms with E-state index >= 15 is 0 Å². The summed E-state index contributed by atoms with van der Waals surface area (Å²) in [6.07, 6.45) is 6.84. The molecule has 0 aromatic carbocycles. The quantitative estimate of drug-likeness (QED) is 0.687. The first-order valence-corrected chi connectivity index (χ1v) is 7.05. The molecule has 1 atom stereocenters. The maximum absolute atomic E-state index is 5.80. The van der Waals surface area contributed by atoms with E-state index in [1.165, 1.54) is 32.1 Å². The Balaban J connectivity index is 2.25. The smallest absolute Gasteiger partial charge is 0.0622 e. The van der Waals surface area contributed by atoms with Crippen molar-refractivity contribution < 1.29 is 4.74 Å². The Morgan fingerprint density at radius 1 is 1.19 bits per heavy atom. The van der Waals surface area contributed by atoms with Crippen LogP contribution in [0.5, 0.6) is 0 Å². The molecule has 0 aromatic rings. The third-order valence-electron chi connectivity index (χ3n) is 3.37. The summed E-state index contributed by atoms with van der Waals surface area (Å²) >= 11 is 0. The third-order valence-corrected chi connectivity index (χ3v) is 3.37. The van der Waals surface area contributed by atoms with E-state index < -0.39 is 0 Å². The number of nitrogens with one attached hydrogen (secondary N) is 1. The van der Waals surface area contributed by atoms with E-state index in [0.717, 1.165) is 25.7 Å². The first-order valence-electron chi connectivity index (χ1n) is 7.05. The Hall–Kier alpha value is -0.0800. The minimum absolute atomic E-state index is 0.598. The highest BCUT2D eigenvalue weighted by atomic mass is 16.5. The maximum Gasteiger partial charge on any atom is 0.0622 e. The molecule has 0 amide bonds. The predicted molar refractivity (Wildman–Crippen MR) is 69.7 cm³/mol. The van der Waals surface area contributed by atoms with Gasteiger partial charge in [-0.05, 0) is 37.6 Å². The monoisotopic (exact) mass is 227 g/mol.